The van der Waals surface area contributed by atoms with Gasteiger partial charge in [0.1, 0.15) is 5.69 Å². The summed E-state index contributed by atoms with van der Waals surface area (Å²) in [5.41, 5.74) is 1.26. The van der Waals surface area contributed by atoms with Crippen LogP contribution in [0.1, 0.15) is 12.0 Å². The van der Waals surface area contributed by atoms with Crippen LogP contribution in [0.25, 0.3) is 0 Å². The summed E-state index contributed by atoms with van der Waals surface area (Å²) in [6.45, 7) is 1.17. The van der Waals surface area contributed by atoms with Crippen LogP contribution >= 0.6 is 11.6 Å². The van der Waals surface area contributed by atoms with E-state index in [-0.39, 0.29) is 12.2 Å². The molecule has 0 saturated carbocycles. The van der Waals surface area contributed by atoms with Crippen molar-refractivity contribution in [1.82, 2.24) is 9.78 Å². The molecule has 0 bridgehead atoms. The molecule has 2 aromatic rings. The van der Waals surface area contributed by atoms with Crippen LogP contribution in [0.15, 0.2) is 41.3 Å². The Morgan fingerprint density at radius 3 is 2.71 bits per heavy atom. The molecule has 0 atom stereocenters. The maximum Gasteiger partial charge on any atom is 0.291 e. The van der Waals surface area contributed by atoms with Crippen LogP contribution in [0.3, 0.4) is 0 Å². The van der Waals surface area contributed by atoms with Gasteiger partial charge in [-0.2, -0.15) is 5.10 Å². The standard InChI is InChI=1S/C15H18ClN3O2/c1-18-15(21)14(13(16)10-17-18)19(8-5-9-20)11-12-6-3-2-4-7-12/h2-4,6-7,10,20H,5,8-9,11H2,1H3. The summed E-state index contributed by atoms with van der Waals surface area (Å²) in [4.78, 5) is 14.2. The maximum absolute atomic E-state index is 12.3. The number of aryl methyl sites for hydroxylation is 1. The summed E-state index contributed by atoms with van der Waals surface area (Å²) < 4.78 is 1.26. The predicted octanol–water partition coefficient (Wildman–Crippen LogP) is 1.82. The van der Waals surface area contributed by atoms with Crippen molar-refractivity contribution in [2.45, 2.75) is 13.0 Å². The molecule has 5 nitrogen and oxygen atoms in total. The summed E-state index contributed by atoms with van der Waals surface area (Å²) in [6, 6.07) is 9.83. The quantitative estimate of drug-likeness (QED) is 0.884. The van der Waals surface area contributed by atoms with Crippen molar-refractivity contribution in [3.63, 3.8) is 0 Å². The van der Waals surface area contributed by atoms with Crippen LogP contribution in [0.2, 0.25) is 5.02 Å². The number of nitrogens with zero attached hydrogens (tertiary/aromatic N) is 3. The molecule has 0 fully saturated rings. The first-order valence-corrected chi connectivity index (χ1v) is 7.13. The summed E-state index contributed by atoms with van der Waals surface area (Å²) in [5, 5.41) is 13.3. The molecule has 1 aromatic carbocycles. The van der Waals surface area contributed by atoms with Crippen molar-refractivity contribution >= 4 is 17.3 Å². The highest BCUT2D eigenvalue weighted by molar-refractivity contribution is 6.33. The highest BCUT2D eigenvalue weighted by atomic mass is 35.5. The first kappa shape index (κ1) is 15.5. The van der Waals surface area contributed by atoms with E-state index < -0.39 is 0 Å². The van der Waals surface area contributed by atoms with Gasteiger partial charge >= 0.3 is 0 Å². The molecule has 1 aromatic heterocycles. The fraction of sp³-hybridized carbons (Fsp3) is 0.333. The largest absolute Gasteiger partial charge is 0.396 e. The minimum atomic E-state index is -0.239. The SMILES string of the molecule is Cn1ncc(Cl)c(N(CCCO)Cc2ccccc2)c1=O. The zero-order valence-corrected chi connectivity index (χ0v) is 12.6. The lowest BCUT2D eigenvalue weighted by Gasteiger charge is -2.25. The van der Waals surface area contributed by atoms with Crippen molar-refractivity contribution in [3.05, 3.63) is 57.5 Å². The Bertz CT molecular complexity index is 643. The van der Waals surface area contributed by atoms with Crippen molar-refractivity contribution in [1.29, 1.82) is 0 Å². The van der Waals surface area contributed by atoms with E-state index in [2.05, 4.69) is 5.10 Å². The van der Waals surface area contributed by atoms with Gasteiger partial charge in [0.15, 0.2) is 0 Å². The Morgan fingerprint density at radius 2 is 2.05 bits per heavy atom. The first-order valence-electron chi connectivity index (χ1n) is 6.75. The summed E-state index contributed by atoms with van der Waals surface area (Å²) in [7, 11) is 1.59. The van der Waals surface area contributed by atoms with Gasteiger partial charge in [-0.15, -0.1) is 0 Å². The van der Waals surface area contributed by atoms with Crippen molar-refractivity contribution in [3.8, 4) is 0 Å². The normalized spacial score (nSPS) is 10.6. The van der Waals surface area contributed by atoms with Crippen molar-refractivity contribution < 1.29 is 5.11 Å². The van der Waals surface area contributed by atoms with Crippen LogP contribution < -0.4 is 10.5 Å². The molecule has 112 valence electrons. The number of rotatable bonds is 6. The van der Waals surface area contributed by atoms with Crippen LogP contribution in [0.5, 0.6) is 0 Å². The van der Waals surface area contributed by atoms with Crippen molar-refractivity contribution in [2.75, 3.05) is 18.1 Å². The van der Waals surface area contributed by atoms with Gasteiger partial charge in [-0.05, 0) is 12.0 Å². The van der Waals surface area contributed by atoms with Gasteiger partial charge in [-0.25, -0.2) is 4.68 Å². The fourth-order valence-corrected chi connectivity index (χ4v) is 2.37. The molecule has 0 aliphatic heterocycles. The number of benzene rings is 1. The van der Waals surface area contributed by atoms with Gasteiger partial charge in [-0.3, -0.25) is 4.79 Å². The van der Waals surface area contributed by atoms with Crippen molar-refractivity contribution in [2.24, 2.45) is 7.05 Å². The van der Waals surface area contributed by atoms with E-state index in [1.165, 1.54) is 10.9 Å². The second-order valence-corrected chi connectivity index (χ2v) is 5.16. The van der Waals surface area contributed by atoms with Crippen LogP contribution in [0.4, 0.5) is 5.69 Å². The number of halogens is 1. The second-order valence-electron chi connectivity index (χ2n) is 4.75. The number of aliphatic hydroxyl groups is 1. The minimum absolute atomic E-state index is 0.0638. The molecule has 1 heterocycles. The van der Waals surface area contributed by atoms with Gasteiger partial charge < -0.3 is 10.0 Å². The van der Waals surface area contributed by atoms with Gasteiger partial charge in [0, 0.05) is 26.7 Å². The molecule has 0 aliphatic carbocycles. The van der Waals surface area contributed by atoms with Crippen LogP contribution in [0, 0.1) is 0 Å². The predicted molar refractivity (Wildman–Crippen MR) is 83.7 cm³/mol. The topological polar surface area (TPSA) is 58.4 Å². The average molecular weight is 308 g/mol. The fourth-order valence-electron chi connectivity index (χ4n) is 2.13. The monoisotopic (exact) mass is 307 g/mol. The van der Waals surface area contributed by atoms with E-state index in [1.807, 2.05) is 35.2 Å². The second kappa shape index (κ2) is 7.24. The number of hydrogen-bond acceptors (Lipinski definition) is 4. The molecule has 0 saturated heterocycles. The van der Waals surface area contributed by atoms with E-state index in [9.17, 15) is 4.79 Å². The Balaban J connectivity index is 2.36. The molecule has 0 amide bonds. The maximum atomic E-state index is 12.3. The van der Waals surface area contributed by atoms with Crippen LogP contribution in [-0.4, -0.2) is 28.0 Å². The third-order valence-corrected chi connectivity index (χ3v) is 3.46. The minimum Gasteiger partial charge on any atom is -0.396 e. The molecule has 6 heteroatoms. The van der Waals surface area contributed by atoms with E-state index in [0.29, 0.717) is 30.2 Å². The first-order chi connectivity index (χ1) is 10.1. The van der Waals surface area contributed by atoms with Crippen LogP contribution in [-0.2, 0) is 13.6 Å². The van der Waals surface area contributed by atoms with Gasteiger partial charge in [0.05, 0.1) is 11.2 Å². The highest BCUT2D eigenvalue weighted by Crippen LogP contribution is 2.22. The summed E-state index contributed by atoms with van der Waals surface area (Å²) in [6.07, 6.45) is 2.03. The lowest BCUT2D eigenvalue weighted by molar-refractivity contribution is 0.289. The van der Waals surface area contributed by atoms with E-state index in [1.54, 1.807) is 7.05 Å². The molecular weight excluding hydrogens is 290 g/mol. The number of anilines is 1. The zero-order valence-electron chi connectivity index (χ0n) is 11.9. The summed E-state index contributed by atoms with van der Waals surface area (Å²) >= 11 is 6.16. The van der Waals surface area contributed by atoms with Gasteiger partial charge in [0.2, 0.25) is 0 Å². The molecule has 0 radical (unpaired) electrons. The van der Waals surface area contributed by atoms with Gasteiger partial charge in [-0.1, -0.05) is 41.9 Å². The molecule has 0 unspecified atom stereocenters. The lowest BCUT2D eigenvalue weighted by atomic mass is 10.2. The average Bonchev–Trinajstić information content (AvgIpc) is 2.50. The Morgan fingerprint density at radius 1 is 1.33 bits per heavy atom. The molecular formula is C15H18ClN3O2. The Hall–Kier alpha value is -1.85. The Kier molecular flexibility index (Phi) is 5.36. The van der Waals surface area contributed by atoms with Gasteiger partial charge in [0.25, 0.3) is 5.56 Å². The number of aromatic nitrogens is 2. The van der Waals surface area contributed by atoms with E-state index in [0.717, 1.165) is 5.56 Å². The molecule has 21 heavy (non-hydrogen) atoms. The summed E-state index contributed by atoms with van der Waals surface area (Å²) in [5.74, 6) is 0. The highest BCUT2D eigenvalue weighted by Gasteiger charge is 2.16. The third-order valence-electron chi connectivity index (χ3n) is 3.19. The van der Waals surface area contributed by atoms with E-state index in [4.69, 9.17) is 16.7 Å². The zero-order chi connectivity index (χ0) is 15.2. The molecule has 0 spiro atoms. The third kappa shape index (κ3) is 3.83. The molecule has 2 rings (SSSR count). The smallest absolute Gasteiger partial charge is 0.291 e. The number of aliphatic hydroxyl groups excluding tert-OH is 1. The molecule has 0 aliphatic rings. The molecule has 1 N–H and O–H groups in total. The lowest BCUT2D eigenvalue weighted by Crippen LogP contribution is -2.33. The number of hydrogen-bond donors (Lipinski definition) is 1. The van der Waals surface area contributed by atoms with E-state index >= 15 is 0 Å². The Labute approximate surface area is 128 Å².